The van der Waals surface area contributed by atoms with Crippen molar-refractivity contribution in [2.24, 2.45) is 0 Å². The number of nitrogens with zero attached hydrogens (tertiary/aromatic N) is 7. The summed E-state index contributed by atoms with van der Waals surface area (Å²) in [5.41, 5.74) is -0.0853. The number of carbonyl (C=O) groups is 3. The van der Waals surface area contributed by atoms with Crippen LogP contribution >= 0.6 is 8.53 Å². The number of ether oxygens (including phenoxy) is 4. The van der Waals surface area contributed by atoms with E-state index in [9.17, 15) is 29.9 Å². The predicted molar refractivity (Wildman–Crippen MR) is 268 cm³/mol. The van der Waals surface area contributed by atoms with Crippen molar-refractivity contribution in [3.05, 3.63) is 144 Å². The lowest BCUT2D eigenvalue weighted by Crippen LogP contribution is -2.63. The number of nitrogens with one attached hydrogen (secondary N) is 3. The van der Waals surface area contributed by atoms with Crippen LogP contribution in [0.5, 0.6) is 11.5 Å². The zero-order chi connectivity index (χ0) is 51.9. The average molecular weight is 1020 g/mol. The molecule has 5 atom stereocenters. The van der Waals surface area contributed by atoms with E-state index in [0.717, 1.165) is 5.56 Å². The summed E-state index contributed by atoms with van der Waals surface area (Å²) in [4.78, 5) is 54.0. The fourth-order valence-corrected chi connectivity index (χ4v) is 11.4. The lowest BCUT2D eigenvalue weighted by Gasteiger charge is -2.43. The molecule has 2 bridgehead atoms. The quantitative estimate of drug-likeness (QED) is 0.0190. The molecule has 3 amide bonds. The van der Waals surface area contributed by atoms with Crippen LogP contribution in [0, 0.1) is 11.3 Å². The summed E-state index contributed by atoms with van der Waals surface area (Å²) in [7, 11) is 1.11. The summed E-state index contributed by atoms with van der Waals surface area (Å²) < 4.78 is 43.6. The number of carbonyl (C=O) groups excluding carboxylic acids is 1. The van der Waals surface area contributed by atoms with Crippen molar-refractivity contribution in [3.8, 4) is 17.6 Å². The lowest BCUT2D eigenvalue weighted by atomic mass is 9.79. The van der Waals surface area contributed by atoms with Gasteiger partial charge in [0, 0.05) is 24.2 Å². The van der Waals surface area contributed by atoms with Gasteiger partial charge < -0.3 is 43.5 Å². The van der Waals surface area contributed by atoms with Gasteiger partial charge in [0.2, 0.25) is 0 Å². The lowest BCUT2D eigenvalue weighted by molar-refractivity contribution is -0.181. The third-order valence-corrected chi connectivity index (χ3v) is 14.7. The van der Waals surface area contributed by atoms with Crippen LogP contribution in [0.25, 0.3) is 11.2 Å². The molecule has 0 radical (unpaired) electrons. The minimum atomic E-state index is -2.05. The van der Waals surface area contributed by atoms with Crippen molar-refractivity contribution in [3.63, 3.8) is 0 Å². The number of rotatable bonds is 22. The van der Waals surface area contributed by atoms with Gasteiger partial charge in [-0.3, -0.25) is 24.9 Å². The average Bonchev–Trinajstić information content (AvgIpc) is 4.05. The Morgan fingerprint density at radius 3 is 1.97 bits per heavy atom. The molecule has 73 heavy (non-hydrogen) atoms. The Labute approximate surface area is 422 Å². The van der Waals surface area contributed by atoms with Crippen LogP contribution in [-0.2, 0) is 24.1 Å². The Kier molecular flexibility index (Phi) is 16.1. The molecule has 0 saturated carbocycles. The number of nitriles is 1. The topological polar surface area (TPSA) is 257 Å². The summed E-state index contributed by atoms with van der Waals surface area (Å²) in [6.07, 6.45) is -4.12. The second kappa shape index (κ2) is 22.6. The number of methoxy groups -OCH3 is 2. The number of aromatic nitrogens is 4. The minimum absolute atomic E-state index is 0.0173. The van der Waals surface area contributed by atoms with Crippen LogP contribution in [0.2, 0.25) is 0 Å². The molecular formula is C51H57N10O11P. The maximum Gasteiger partial charge on any atom is 0.407 e. The first-order valence-electron chi connectivity index (χ1n) is 23.4. The molecule has 2 aliphatic rings. The number of imidazole rings is 1. The Bertz CT molecular complexity index is 2820. The maximum atomic E-state index is 13.5. The Morgan fingerprint density at radius 2 is 1.42 bits per heavy atom. The van der Waals surface area contributed by atoms with Gasteiger partial charge >= 0.3 is 12.2 Å². The monoisotopic (exact) mass is 1020 g/mol. The van der Waals surface area contributed by atoms with Crippen LogP contribution < -0.4 is 25.4 Å². The molecule has 6 aromatic rings. The maximum absolute atomic E-state index is 13.5. The third-order valence-electron chi connectivity index (χ3n) is 12.6. The van der Waals surface area contributed by atoms with Crippen molar-refractivity contribution in [2.45, 2.75) is 82.1 Å². The highest BCUT2D eigenvalue weighted by Gasteiger charge is 2.68. The van der Waals surface area contributed by atoms with Crippen LogP contribution in [-0.4, -0.2) is 127 Å². The van der Waals surface area contributed by atoms with Gasteiger partial charge in [0.05, 0.1) is 52.3 Å². The van der Waals surface area contributed by atoms with E-state index in [0.29, 0.717) is 28.2 Å². The molecule has 0 spiro atoms. The molecule has 21 nitrogen and oxygen atoms in total. The highest BCUT2D eigenvalue weighted by atomic mass is 31.2. The summed E-state index contributed by atoms with van der Waals surface area (Å²) in [6, 6.07) is 33.9. The Hall–Kier alpha value is -7.28. The number of morpholine rings is 1. The SMILES string of the molecule is COc1ccc(C(OC[C@@]23CN(C(NC(=O)O)NC(=O)O)[C@@H]([C@H](n4cnc5c(NC(=O)c6ccccc6)ncnc54)O2)[C@@H]3OP(OCCC#N)N(C(C)C)C(C)C)(c2ccccc2)c2ccc(OC)cc2)cc1. The fourth-order valence-electron chi connectivity index (χ4n) is 9.55. The third kappa shape index (κ3) is 10.8. The number of benzene rings is 4. The molecule has 8 rings (SSSR count). The van der Waals surface area contributed by atoms with Gasteiger partial charge in [-0.05, 0) is 80.8 Å². The van der Waals surface area contributed by atoms with Gasteiger partial charge in [0.15, 0.2) is 29.5 Å². The molecule has 2 aromatic heterocycles. The van der Waals surface area contributed by atoms with Crippen LogP contribution in [0.1, 0.15) is 67.4 Å². The van der Waals surface area contributed by atoms with E-state index in [2.05, 4.69) is 37.0 Å². The van der Waals surface area contributed by atoms with Gasteiger partial charge in [-0.1, -0.05) is 72.8 Å². The van der Waals surface area contributed by atoms with E-state index in [-0.39, 0.29) is 55.2 Å². The smallest absolute Gasteiger partial charge is 0.407 e. The van der Waals surface area contributed by atoms with Crippen molar-refractivity contribution in [1.82, 2.24) is 39.7 Å². The summed E-state index contributed by atoms with van der Waals surface area (Å²) >= 11 is 0. The normalized spacial score (nSPS) is 19.1. The fraction of sp³-hybridized carbons (Fsp3) is 0.353. The number of hydrogen-bond acceptors (Lipinski definition) is 15. The molecular weight excluding hydrogens is 960 g/mol. The number of hydrogen-bond donors (Lipinski definition) is 5. The number of fused-ring (bicyclic) bond motifs is 3. The molecule has 4 aromatic carbocycles. The van der Waals surface area contributed by atoms with Crippen LogP contribution in [0.3, 0.4) is 0 Å². The molecule has 0 aliphatic carbocycles. The number of likely N-dealkylation sites (tertiary alicyclic amines) is 1. The highest BCUT2D eigenvalue weighted by Crippen LogP contribution is 2.57. The zero-order valence-corrected chi connectivity index (χ0v) is 41.9. The summed E-state index contributed by atoms with van der Waals surface area (Å²) in [6.45, 7) is 7.53. The minimum Gasteiger partial charge on any atom is -0.497 e. The van der Waals surface area contributed by atoms with Crippen LogP contribution in [0.15, 0.2) is 122 Å². The van der Waals surface area contributed by atoms with E-state index >= 15 is 0 Å². The second-order valence-electron chi connectivity index (χ2n) is 17.8. The molecule has 1 unspecified atom stereocenters. The van der Waals surface area contributed by atoms with E-state index in [1.54, 1.807) is 54.0 Å². The molecule has 2 aliphatic heterocycles. The van der Waals surface area contributed by atoms with E-state index in [1.165, 1.54) is 12.7 Å². The van der Waals surface area contributed by atoms with E-state index in [4.69, 9.17) is 28.0 Å². The van der Waals surface area contributed by atoms with Crippen molar-refractivity contribution in [2.75, 3.05) is 39.3 Å². The van der Waals surface area contributed by atoms with Crippen LogP contribution in [0.4, 0.5) is 15.4 Å². The second-order valence-corrected chi connectivity index (χ2v) is 19.2. The van der Waals surface area contributed by atoms with Crippen molar-refractivity contribution >= 4 is 43.6 Å². The van der Waals surface area contributed by atoms with Gasteiger partial charge in [-0.25, -0.2) is 29.2 Å². The molecule has 2 saturated heterocycles. The zero-order valence-electron chi connectivity index (χ0n) is 41.0. The number of anilines is 1. The summed E-state index contributed by atoms with van der Waals surface area (Å²) in [5.74, 6) is 0.877. The van der Waals surface area contributed by atoms with Gasteiger partial charge in [-0.2, -0.15) is 5.26 Å². The first-order chi connectivity index (χ1) is 35.2. The van der Waals surface area contributed by atoms with Gasteiger partial charge in [0.25, 0.3) is 14.4 Å². The first kappa shape index (κ1) is 52.1. The van der Waals surface area contributed by atoms with E-state index < -0.39 is 62.5 Å². The van der Waals surface area contributed by atoms with Gasteiger partial charge in [-0.15, -0.1) is 0 Å². The van der Waals surface area contributed by atoms with E-state index in [1.807, 2.05) is 111 Å². The first-order valence-corrected chi connectivity index (χ1v) is 24.6. The number of carboxylic acid groups (broad SMARTS) is 2. The van der Waals surface area contributed by atoms with Gasteiger partial charge in [0.1, 0.15) is 35.1 Å². The molecule has 5 N–H and O–H groups in total. The Morgan fingerprint density at radius 1 is 0.849 bits per heavy atom. The summed E-state index contributed by atoms with van der Waals surface area (Å²) in [5, 5.41) is 37.7. The molecule has 22 heteroatoms. The van der Waals surface area contributed by atoms with Crippen molar-refractivity contribution in [1.29, 1.82) is 5.26 Å². The predicted octanol–water partition coefficient (Wildman–Crippen LogP) is 7.54. The molecule has 4 heterocycles. The standard InChI is InChI=1S/C51H57N10O11P/c1-32(2)61(33(3)4)73(70-27-13-26-52)72-42-41-46(60-31-55-40-43(53-30-54-44(40)60)56-45(62)34-14-9-7-10-15-34)71-50(42,28-59(41)47(57-48(63)64)58-49(65)66)29-69-51(35-16-11-8-12-17-35,36-18-22-38(67-5)23-19-36)37-20-24-39(68-6)25-21-37/h7-12,14-25,30-33,41-42,46-47,57-58H,13,27-29H2,1-6H3,(H,63,64)(H,65,66)(H,53,54,56,62)/t41-,42+,46-,50-,73?/m1/s1. The number of amides is 3. The van der Waals surface area contributed by atoms with Crippen molar-refractivity contribution < 1.29 is 52.6 Å². The molecule has 382 valence electrons. The highest BCUT2D eigenvalue weighted by molar-refractivity contribution is 7.44. The Balaban J connectivity index is 1.34. The largest absolute Gasteiger partial charge is 0.497 e. The molecule has 2 fully saturated rings.